The highest BCUT2D eigenvalue weighted by Gasteiger charge is 2.36. The molecule has 0 saturated carbocycles. The minimum atomic E-state index is -4.37. The van der Waals surface area contributed by atoms with Crippen LogP contribution in [0.1, 0.15) is 22.9 Å². The summed E-state index contributed by atoms with van der Waals surface area (Å²) >= 11 is 0. The maximum absolute atomic E-state index is 15.6. The molecular formula is C39H33F3N6O2S. The van der Waals surface area contributed by atoms with Gasteiger partial charge in [0, 0.05) is 77.7 Å². The normalized spacial score (nSPS) is 12.4. The Morgan fingerprint density at radius 3 is 1.98 bits per heavy atom. The number of hydrogen-bond acceptors (Lipinski definition) is 4. The Kier molecular flexibility index (Phi) is 9.46. The number of halogens is 3. The zero-order valence-corrected chi connectivity index (χ0v) is 28.2. The Hall–Kier alpha value is -5.69. The van der Waals surface area contributed by atoms with E-state index in [-0.39, 0.29) is 17.0 Å². The summed E-state index contributed by atoms with van der Waals surface area (Å²) in [7, 11) is -2.59. The summed E-state index contributed by atoms with van der Waals surface area (Å²) < 4.78 is 78.2. The van der Waals surface area contributed by atoms with E-state index in [1.165, 1.54) is 47.0 Å². The van der Waals surface area contributed by atoms with Gasteiger partial charge in [-0.05, 0) is 84.9 Å². The van der Waals surface area contributed by atoms with Crippen LogP contribution in [0.5, 0.6) is 0 Å². The summed E-state index contributed by atoms with van der Waals surface area (Å²) in [6.07, 6.45) is 6.65. The SMILES string of the molecule is CNCc1cc(-c2ccccc2F)n(C(c2c[nH]c(-c3ccccc3F)c2)N(Cc2c[nH]c(-c3ccccc3F)c2)S(=O)(=O)c2cccnc2)c1. The maximum Gasteiger partial charge on any atom is 0.246 e. The smallest absolute Gasteiger partial charge is 0.246 e. The van der Waals surface area contributed by atoms with E-state index in [9.17, 15) is 12.8 Å². The number of pyridine rings is 1. The zero-order chi connectivity index (χ0) is 35.5. The van der Waals surface area contributed by atoms with Gasteiger partial charge in [-0.1, -0.05) is 36.4 Å². The topological polar surface area (TPSA) is 98.8 Å². The van der Waals surface area contributed by atoms with Crippen LogP contribution in [0.15, 0.2) is 139 Å². The number of H-pyrrole nitrogens is 2. The summed E-state index contributed by atoms with van der Waals surface area (Å²) in [6, 6.07) is 27.0. The van der Waals surface area contributed by atoms with Crippen molar-refractivity contribution in [1.29, 1.82) is 0 Å². The summed E-state index contributed by atoms with van der Waals surface area (Å²) in [6.45, 7) is 0.220. The second kappa shape index (κ2) is 14.3. The number of hydrogen-bond donors (Lipinski definition) is 3. The quantitative estimate of drug-likeness (QED) is 0.120. The van der Waals surface area contributed by atoms with Crippen molar-refractivity contribution in [2.24, 2.45) is 0 Å². The highest BCUT2D eigenvalue weighted by molar-refractivity contribution is 7.89. The van der Waals surface area contributed by atoms with Crippen molar-refractivity contribution in [2.75, 3.05) is 7.05 Å². The number of aromatic amines is 2. The molecular weight excluding hydrogens is 674 g/mol. The number of rotatable bonds is 12. The molecule has 7 rings (SSSR count). The fourth-order valence-electron chi connectivity index (χ4n) is 6.27. The molecule has 0 aliphatic rings. The van der Waals surface area contributed by atoms with Crippen LogP contribution < -0.4 is 5.32 Å². The number of nitrogens with one attached hydrogen (secondary N) is 3. The van der Waals surface area contributed by atoms with Crippen LogP contribution in [0.3, 0.4) is 0 Å². The fraction of sp³-hybridized carbons (Fsp3) is 0.103. The molecule has 0 fully saturated rings. The van der Waals surface area contributed by atoms with Gasteiger partial charge in [0.1, 0.15) is 28.5 Å². The van der Waals surface area contributed by atoms with Crippen molar-refractivity contribution < 1.29 is 21.6 Å². The molecule has 0 aliphatic carbocycles. The van der Waals surface area contributed by atoms with Crippen molar-refractivity contribution in [3.8, 4) is 33.8 Å². The predicted octanol–water partition coefficient (Wildman–Crippen LogP) is 8.12. The minimum Gasteiger partial charge on any atom is -0.361 e. The van der Waals surface area contributed by atoms with E-state index in [0.29, 0.717) is 45.9 Å². The molecule has 4 heterocycles. The molecule has 1 unspecified atom stereocenters. The summed E-state index contributed by atoms with van der Waals surface area (Å²) in [5.74, 6) is -1.38. The second-order valence-electron chi connectivity index (χ2n) is 12.0. The monoisotopic (exact) mass is 706 g/mol. The number of aromatic nitrogens is 4. The van der Waals surface area contributed by atoms with Gasteiger partial charge in [0.15, 0.2) is 0 Å². The van der Waals surface area contributed by atoms with Gasteiger partial charge in [0.05, 0.1) is 5.69 Å². The van der Waals surface area contributed by atoms with E-state index in [1.807, 2.05) is 6.07 Å². The van der Waals surface area contributed by atoms with Gasteiger partial charge in [0.2, 0.25) is 10.0 Å². The number of nitrogens with zero attached hydrogens (tertiary/aromatic N) is 3. The molecule has 0 saturated heterocycles. The van der Waals surface area contributed by atoms with E-state index < -0.39 is 33.6 Å². The predicted molar refractivity (Wildman–Crippen MR) is 190 cm³/mol. The molecule has 12 heteroatoms. The van der Waals surface area contributed by atoms with E-state index in [2.05, 4.69) is 20.3 Å². The lowest BCUT2D eigenvalue weighted by Gasteiger charge is -2.33. The van der Waals surface area contributed by atoms with Crippen LogP contribution in [0, 0.1) is 17.5 Å². The van der Waals surface area contributed by atoms with Crippen LogP contribution in [-0.2, 0) is 23.1 Å². The van der Waals surface area contributed by atoms with Gasteiger partial charge < -0.3 is 19.9 Å². The Morgan fingerprint density at radius 2 is 1.37 bits per heavy atom. The summed E-state index contributed by atoms with van der Waals surface area (Å²) in [5.41, 5.74) is 3.94. The first-order valence-corrected chi connectivity index (χ1v) is 17.6. The molecule has 51 heavy (non-hydrogen) atoms. The molecule has 8 nitrogen and oxygen atoms in total. The van der Waals surface area contributed by atoms with Gasteiger partial charge in [-0.25, -0.2) is 21.6 Å². The molecule has 3 aromatic carbocycles. The van der Waals surface area contributed by atoms with E-state index in [0.717, 1.165) is 5.56 Å². The first kappa shape index (κ1) is 33.8. The number of benzene rings is 3. The minimum absolute atomic E-state index is 0.0697. The first-order valence-electron chi connectivity index (χ1n) is 16.1. The lowest BCUT2D eigenvalue weighted by Crippen LogP contribution is -2.38. The highest BCUT2D eigenvalue weighted by Crippen LogP contribution is 2.38. The summed E-state index contributed by atoms with van der Waals surface area (Å²) in [5, 5.41) is 3.12. The summed E-state index contributed by atoms with van der Waals surface area (Å²) in [4.78, 5) is 10.2. The Labute approximate surface area is 293 Å². The molecule has 0 aliphatic heterocycles. The van der Waals surface area contributed by atoms with E-state index >= 15 is 8.78 Å². The molecule has 0 spiro atoms. The zero-order valence-electron chi connectivity index (χ0n) is 27.4. The molecule has 4 aromatic heterocycles. The largest absolute Gasteiger partial charge is 0.361 e. The molecule has 0 radical (unpaired) electrons. The lowest BCUT2D eigenvalue weighted by atomic mass is 10.1. The van der Waals surface area contributed by atoms with Crippen molar-refractivity contribution in [1.82, 2.24) is 29.1 Å². The second-order valence-corrected chi connectivity index (χ2v) is 13.9. The van der Waals surface area contributed by atoms with E-state index in [1.54, 1.807) is 96.9 Å². The standard InChI is InChI=1S/C39H33F3N6O2S/c1-43-20-27-18-38(32-12-4-7-15-35(32)42)47(24-27)39(28-19-37(46-22-28)31-11-3-6-14-34(31)41)48(51(49,50)29-9-8-16-44-23-29)25-26-17-36(45-21-26)30-10-2-5-13-33(30)40/h2-19,21-24,39,43,45-46H,20,25H2,1H3. The molecule has 0 bridgehead atoms. The molecule has 1 atom stereocenters. The lowest BCUT2D eigenvalue weighted by molar-refractivity contribution is 0.283. The first-order chi connectivity index (χ1) is 24.7. The van der Waals surface area contributed by atoms with Crippen LogP contribution in [0.25, 0.3) is 33.8 Å². The van der Waals surface area contributed by atoms with Gasteiger partial charge in [0.25, 0.3) is 0 Å². The highest BCUT2D eigenvalue weighted by atomic mass is 32.2. The van der Waals surface area contributed by atoms with Crippen molar-refractivity contribution in [3.05, 3.63) is 168 Å². The van der Waals surface area contributed by atoms with Gasteiger partial charge in [-0.3, -0.25) is 4.98 Å². The van der Waals surface area contributed by atoms with Crippen LogP contribution in [-0.4, -0.2) is 39.3 Å². The Morgan fingerprint density at radius 1 is 0.765 bits per heavy atom. The van der Waals surface area contributed by atoms with Gasteiger partial charge >= 0.3 is 0 Å². The van der Waals surface area contributed by atoms with Crippen LogP contribution in [0.2, 0.25) is 0 Å². The Bertz CT molecular complexity index is 2400. The van der Waals surface area contributed by atoms with Gasteiger partial charge in [-0.2, -0.15) is 4.31 Å². The fourth-order valence-corrected chi connectivity index (χ4v) is 7.79. The maximum atomic E-state index is 15.6. The third-order valence-corrected chi connectivity index (χ3v) is 10.4. The third kappa shape index (κ3) is 6.76. The van der Waals surface area contributed by atoms with Crippen molar-refractivity contribution in [3.63, 3.8) is 0 Å². The molecule has 258 valence electrons. The number of sulfonamides is 1. The van der Waals surface area contributed by atoms with Gasteiger partial charge in [-0.15, -0.1) is 0 Å². The van der Waals surface area contributed by atoms with Crippen LogP contribution >= 0.6 is 0 Å². The van der Waals surface area contributed by atoms with E-state index in [4.69, 9.17) is 0 Å². The Balaban J connectivity index is 1.46. The molecule has 7 aromatic rings. The van der Waals surface area contributed by atoms with Crippen molar-refractivity contribution >= 4 is 10.0 Å². The molecule has 0 amide bonds. The average molecular weight is 707 g/mol. The van der Waals surface area contributed by atoms with Crippen LogP contribution in [0.4, 0.5) is 13.2 Å². The third-order valence-electron chi connectivity index (χ3n) is 8.63. The van der Waals surface area contributed by atoms with Crippen molar-refractivity contribution in [2.45, 2.75) is 24.2 Å². The average Bonchev–Trinajstić information content (AvgIpc) is 3.91. The molecule has 3 N–H and O–H groups in total.